The summed E-state index contributed by atoms with van der Waals surface area (Å²) in [7, 11) is 0. The molecule has 0 saturated heterocycles. The summed E-state index contributed by atoms with van der Waals surface area (Å²) in [6.07, 6.45) is 21.0. The molecule has 0 amide bonds. The summed E-state index contributed by atoms with van der Waals surface area (Å²) in [5.41, 5.74) is 19.7. The number of hydrogen-bond acceptors (Lipinski definition) is 19. The first-order valence-corrected chi connectivity index (χ1v) is 51.7. The minimum Gasteiger partial charge on any atom is -0.488 e. The molecule has 4 unspecified atom stereocenters. The molecule has 5 aliphatic rings. The van der Waals surface area contributed by atoms with Crippen LogP contribution in [0.4, 0.5) is 0 Å². The SMILES string of the molecule is CC(C)C1=Cc2cc(C(C)C)ncc2C1.CC(C)[C](Cc1[c-]cc(C(C)C)nc1)=[Re]=[NH].CC(C)c1cc2c(cn1)SC(C(C)C)C2.CC(C)c1cc2nc(C(C)C)sc2cn1.CC(C)c1ccc2c(n1)CC(C(C)C)O2.CC(C)c1ccc2c(n1)CC(C(C)C)S2.CC(C)c1ncc2c(n1)CC(C(C)C)S2.CC(C)c1ncc2sc(C(C)C)nc2n1. The van der Waals surface area contributed by atoms with Crippen molar-refractivity contribution in [2.45, 2.75) is 356 Å². The molecule has 10 aromatic rings. The Morgan fingerprint density at radius 2 is 0.901 bits per heavy atom. The van der Waals surface area contributed by atoms with Gasteiger partial charge in [-0.15, -0.1) is 58.0 Å². The Morgan fingerprint density at radius 3 is 1.45 bits per heavy atom. The topological polar surface area (TPSA) is 188 Å². The van der Waals surface area contributed by atoms with Gasteiger partial charge in [-0.1, -0.05) is 206 Å². The van der Waals surface area contributed by atoms with Gasteiger partial charge in [0.25, 0.3) is 0 Å². The van der Waals surface area contributed by atoms with E-state index in [1.54, 1.807) is 22.7 Å². The first-order valence-electron chi connectivity index (χ1n) is 44.7. The molecular formula is C101H144N13OReS5-. The van der Waals surface area contributed by atoms with Gasteiger partial charge >= 0.3 is 106 Å². The van der Waals surface area contributed by atoms with Gasteiger partial charge in [0.15, 0.2) is 5.65 Å². The van der Waals surface area contributed by atoms with Crippen LogP contribution in [0.25, 0.3) is 26.6 Å². The Kier molecular flexibility index (Phi) is 38.8. The van der Waals surface area contributed by atoms with Gasteiger partial charge in [-0.25, -0.2) is 29.9 Å². The molecule has 1 N–H and O–H groups in total. The third-order valence-corrected chi connectivity index (χ3v) is 32.3. The zero-order valence-corrected chi connectivity index (χ0v) is 85.9. The predicted octanol–water partition coefficient (Wildman–Crippen LogP) is 28.5. The second-order valence-corrected chi connectivity index (χ2v) is 46.3. The van der Waals surface area contributed by atoms with Gasteiger partial charge in [0.1, 0.15) is 23.5 Å². The van der Waals surface area contributed by atoms with Crippen molar-refractivity contribution in [3.8, 4) is 5.75 Å². The first-order chi connectivity index (χ1) is 57.1. The summed E-state index contributed by atoms with van der Waals surface area (Å²) in [5, 5.41) is 4.52. The molecule has 14 heterocycles. The molecule has 1 aliphatic carbocycles. The smallest absolute Gasteiger partial charge is 0.174 e. The Morgan fingerprint density at radius 1 is 0.413 bits per heavy atom. The molecule has 20 heteroatoms. The van der Waals surface area contributed by atoms with Crippen LogP contribution in [0.15, 0.2) is 106 Å². The molecule has 0 bridgehead atoms. The zero-order chi connectivity index (χ0) is 89.1. The maximum Gasteiger partial charge on any atom is 0.174 e. The van der Waals surface area contributed by atoms with Gasteiger partial charge in [-0.2, -0.15) is 0 Å². The maximum atomic E-state index is 7.63. The van der Waals surface area contributed by atoms with Crippen molar-refractivity contribution >= 4 is 88.6 Å². The van der Waals surface area contributed by atoms with Crippen molar-refractivity contribution in [1.82, 2.24) is 59.8 Å². The molecule has 14 nitrogen and oxygen atoms in total. The zero-order valence-electron chi connectivity index (χ0n) is 79.1. The molecule has 657 valence electrons. The van der Waals surface area contributed by atoms with E-state index in [4.69, 9.17) is 13.7 Å². The van der Waals surface area contributed by atoms with Crippen LogP contribution in [0.3, 0.4) is 0 Å². The van der Waals surface area contributed by atoms with Crippen LogP contribution in [0.1, 0.15) is 376 Å². The number of fused-ring (bicyclic) bond motifs is 7. The van der Waals surface area contributed by atoms with Gasteiger partial charge in [0.05, 0.1) is 48.2 Å². The molecule has 0 radical (unpaired) electrons. The largest absolute Gasteiger partial charge is 0.488 e. The van der Waals surface area contributed by atoms with E-state index in [1.807, 2.05) is 66.1 Å². The number of hydrogen-bond donors (Lipinski definition) is 1. The monoisotopic (exact) mass is 1900 g/mol. The van der Waals surface area contributed by atoms with Crippen molar-refractivity contribution in [1.29, 1.82) is 3.99 Å². The fourth-order valence-corrected chi connectivity index (χ4v) is 20.4. The van der Waals surface area contributed by atoms with E-state index in [0.717, 1.165) is 115 Å². The molecule has 121 heavy (non-hydrogen) atoms. The Bertz CT molecular complexity index is 4650. The van der Waals surface area contributed by atoms with E-state index in [2.05, 4.69) is 343 Å². The number of nitrogens with one attached hydrogen (secondary N) is 1. The first kappa shape index (κ1) is 100. The summed E-state index contributed by atoms with van der Waals surface area (Å²) in [5.74, 6) is 11.6. The van der Waals surface area contributed by atoms with E-state index in [9.17, 15) is 0 Å². The summed E-state index contributed by atoms with van der Waals surface area (Å²) < 4.78 is 17.2. The van der Waals surface area contributed by atoms with E-state index in [1.165, 1.54) is 91.2 Å². The number of thiazole rings is 2. The van der Waals surface area contributed by atoms with E-state index in [-0.39, 0.29) is 0 Å². The number of thioether (sulfide) groups is 3. The van der Waals surface area contributed by atoms with Crippen LogP contribution in [0.2, 0.25) is 0 Å². The number of allylic oxidation sites excluding steroid dienone is 1. The third-order valence-electron chi connectivity index (χ3n) is 21.9. The Hall–Kier alpha value is -6.24. The van der Waals surface area contributed by atoms with Crippen LogP contribution >= 0.6 is 58.0 Å². The van der Waals surface area contributed by atoms with Crippen LogP contribution in [-0.4, -0.2) is 85.6 Å². The summed E-state index contributed by atoms with van der Waals surface area (Å²) in [6, 6.07) is 20.5. The van der Waals surface area contributed by atoms with Gasteiger partial charge < -0.3 is 4.74 Å². The van der Waals surface area contributed by atoms with Crippen molar-refractivity contribution in [2.24, 2.45) is 35.5 Å². The molecule has 4 aliphatic heterocycles. The number of nitrogens with zero attached hydrogens (tertiary/aromatic N) is 12. The van der Waals surface area contributed by atoms with Gasteiger partial charge in [0.2, 0.25) is 0 Å². The average Bonchev–Trinajstić information content (AvgIpc) is 1.72. The van der Waals surface area contributed by atoms with Gasteiger partial charge in [-0.05, 0) is 131 Å². The third kappa shape index (κ3) is 29.2. The molecule has 10 aromatic heterocycles. The summed E-state index contributed by atoms with van der Waals surface area (Å²) in [6.45, 7) is 70.3. The minimum absolute atomic E-state index is 0.315. The fraction of sp³-hybridized carbons (Fsp3) is 0.574. The van der Waals surface area contributed by atoms with Crippen molar-refractivity contribution < 1.29 is 22.1 Å². The standard InChI is InChI=1S/C14H19N.C13H19NO.2C13H19NS.C13H18N.C12H18N2S.C12H16N2S.C11H15N3S.HN.Re/c1-9(2)11-5-12-7-14(10(3)4)15-8-13(12)6-11;1-8(2)10-5-6-12-11(14-10)7-13(15-12)9(3)4;1-8(2)11-5-10-6-12(9(3)4)15-13(10)7-14-11;1-8(2)10-5-6-12-11(14-10)7-13(15-12)9(3)4;1-10(2)5-6-12-7-8-13(11(3)4)14-9-12;1-7(2)10-5-9-11(15-10)6-13-12(14-9)8(3)4;1-7(2)9-5-10-11(6-13-9)15-12(14-10)8(3)4;1-6(2)9-12-5-8-10(13-9)14-11(15-8)7(3)4;;/h5,7-10H,6H2,1-4H3;5-6,8-9,13H,7H2,1-4H3;5,7-9,12H,6H2,1-4H3;5-6,8-9,13H,7H2,1-4H3;8-11H,6H2,1-4H3;6-8,10H,5H2,1-4H3;5-8H,1-4H3;5-7H,1-4H3;1H;/q;;;;-1;;;;;. The molecule has 0 fully saturated rings. The Balaban J connectivity index is 0.000000172. The number of aromatic nitrogens is 12. The molecule has 0 aromatic carbocycles. The molecule has 15 rings (SSSR count). The summed E-state index contributed by atoms with van der Waals surface area (Å²) in [4.78, 5) is 58.5. The number of pyridine rings is 6. The van der Waals surface area contributed by atoms with Gasteiger partial charge in [0, 0.05) is 127 Å². The molecule has 0 spiro atoms. The predicted molar refractivity (Wildman–Crippen MR) is 516 cm³/mol. The fourth-order valence-electron chi connectivity index (χ4n) is 13.3. The normalized spacial score (nSPS) is 16.0. The van der Waals surface area contributed by atoms with E-state index >= 15 is 0 Å². The van der Waals surface area contributed by atoms with Crippen molar-refractivity contribution in [2.75, 3.05) is 0 Å². The summed E-state index contributed by atoms with van der Waals surface area (Å²) >= 11 is 8.50. The second-order valence-electron chi connectivity index (χ2n) is 37.9. The average molecular weight is 1900 g/mol. The second kappa shape index (κ2) is 46.8. The van der Waals surface area contributed by atoms with Crippen molar-refractivity contribution in [3.05, 3.63) is 193 Å². The van der Waals surface area contributed by atoms with Crippen LogP contribution in [0, 0.1) is 45.6 Å². The van der Waals surface area contributed by atoms with E-state index in [0.29, 0.717) is 94.2 Å². The molecular weight excluding hydrogens is 1760 g/mol. The van der Waals surface area contributed by atoms with Crippen molar-refractivity contribution in [3.63, 3.8) is 0 Å². The number of ether oxygens (including phenoxy) is 1. The van der Waals surface area contributed by atoms with Crippen LogP contribution in [0.5, 0.6) is 5.75 Å². The minimum atomic E-state index is -0.887. The Labute approximate surface area is 757 Å². The maximum absolute atomic E-state index is 7.63. The van der Waals surface area contributed by atoms with Crippen LogP contribution < -0.4 is 4.74 Å². The molecule has 0 saturated carbocycles. The quantitative estimate of drug-likeness (QED) is 0.0798. The number of rotatable bonds is 18. The van der Waals surface area contributed by atoms with E-state index < -0.39 is 17.3 Å². The van der Waals surface area contributed by atoms with Gasteiger partial charge in [-0.3, -0.25) is 24.9 Å². The van der Waals surface area contributed by atoms with Crippen LogP contribution in [-0.2, 0) is 55.9 Å². The molecule has 4 atom stereocenters.